The Morgan fingerprint density at radius 3 is 2.91 bits per heavy atom. The number of aliphatic hydroxyl groups excluding tert-OH is 1. The van der Waals surface area contributed by atoms with Crippen molar-refractivity contribution in [2.75, 3.05) is 13.1 Å². The number of piperidine rings is 2. The van der Waals surface area contributed by atoms with E-state index in [9.17, 15) is 5.11 Å². The van der Waals surface area contributed by atoms with E-state index in [4.69, 9.17) is 0 Å². The van der Waals surface area contributed by atoms with Crippen molar-refractivity contribution in [1.82, 2.24) is 4.90 Å². The molecule has 0 radical (unpaired) electrons. The smallest absolute Gasteiger partial charge is 0.0567 e. The third-order valence-corrected chi connectivity index (χ3v) is 3.04. The van der Waals surface area contributed by atoms with Gasteiger partial charge < -0.3 is 10.0 Å². The number of hydrogen-bond donors (Lipinski definition) is 1. The zero-order valence-corrected chi connectivity index (χ0v) is 7.00. The fraction of sp³-hybridized carbons (Fsp3) is 1.00. The van der Waals surface area contributed by atoms with Gasteiger partial charge in [0.1, 0.15) is 0 Å². The van der Waals surface area contributed by atoms with Crippen molar-refractivity contribution in [1.29, 1.82) is 0 Å². The standard InChI is InChI=1S/C9H17NO/c11-9-4-6-10-5-2-1-3-8(10)7-9/h8-9,11H,1-7H2. The molecule has 11 heavy (non-hydrogen) atoms. The quantitative estimate of drug-likeness (QED) is 0.564. The maximum absolute atomic E-state index is 9.42. The molecule has 2 atom stereocenters. The molecule has 1 N–H and O–H groups in total. The first-order valence-electron chi connectivity index (χ1n) is 4.78. The molecule has 0 saturated carbocycles. The molecule has 64 valence electrons. The summed E-state index contributed by atoms with van der Waals surface area (Å²) in [5.41, 5.74) is 0. The van der Waals surface area contributed by atoms with Crippen molar-refractivity contribution >= 4 is 0 Å². The highest BCUT2D eigenvalue weighted by Gasteiger charge is 2.28. The summed E-state index contributed by atoms with van der Waals surface area (Å²) < 4.78 is 0. The van der Waals surface area contributed by atoms with Gasteiger partial charge in [-0.05, 0) is 32.2 Å². The van der Waals surface area contributed by atoms with Gasteiger partial charge in [0, 0.05) is 12.6 Å². The summed E-state index contributed by atoms with van der Waals surface area (Å²) in [6, 6.07) is 0.715. The Balaban J connectivity index is 1.93. The second kappa shape index (κ2) is 3.11. The van der Waals surface area contributed by atoms with Gasteiger partial charge in [-0.15, -0.1) is 0 Å². The monoisotopic (exact) mass is 155 g/mol. The van der Waals surface area contributed by atoms with Crippen LogP contribution in [0.3, 0.4) is 0 Å². The van der Waals surface area contributed by atoms with Crippen LogP contribution in [-0.2, 0) is 0 Å². The van der Waals surface area contributed by atoms with Gasteiger partial charge in [0.2, 0.25) is 0 Å². The van der Waals surface area contributed by atoms with Crippen LogP contribution in [0.15, 0.2) is 0 Å². The van der Waals surface area contributed by atoms with E-state index in [0.717, 1.165) is 19.4 Å². The Morgan fingerprint density at radius 2 is 2.00 bits per heavy atom. The van der Waals surface area contributed by atoms with Crippen LogP contribution in [0.4, 0.5) is 0 Å². The van der Waals surface area contributed by atoms with Crippen LogP contribution in [0.1, 0.15) is 32.1 Å². The van der Waals surface area contributed by atoms with Crippen molar-refractivity contribution in [2.45, 2.75) is 44.2 Å². The lowest BCUT2D eigenvalue weighted by Crippen LogP contribution is -2.46. The summed E-state index contributed by atoms with van der Waals surface area (Å²) >= 11 is 0. The minimum atomic E-state index is -0.00523. The molecule has 2 saturated heterocycles. The normalized spacial score (nSPS) is 40.1. The lowest BCUT2D eigenvalue weighted by Gasteiger charge is -2.40. The van der Waals surface area contributed by atoms with Crippen LogP contribution < -0.4 is 0 Å². The first-order valence-corrected chi connectivity index (χ1v) is 4.78. The first kappa shape index (κ1) is 7.56. The van der Waals surface area contributed by atoms with Gasteiger partial charge in [-0.2, -0.15) is 0 Å². The first-order chi connectivity index (χ1) is 5.36. The number of hydrogen-bond acceptors (Lipinski definition) is 2. The Bertz CT molecular complexity index is 138. The van der Waals surface area contributed by atoms with Gasteiger partial charge in [-0.1, -0.05) is 6.42 Å². The van der Waals surface area contributed by atoms with Gasteiger partial charge in [0.05, 0.1) is 6.10 Å². The molecule has 0 aliphatic carbocycles. The number of nitrogens with zero attached hydrogens (tertiary/aromatic N) is 1. The summed E-state index contributed by atoms with van der Waals surface area (Å²) in [4.78, 5) is 2.55. The molecule has 0 aromatic rings. The molecule has 0 bridgehead atoms. The average Bonchev–Trinajstić information content (AvgIpc) is 2.04. The number of fused-ring (bicyclic) bond motifs is 1. The van der Waals surface area contributed by atoms with Gasteiger partial charge in [-0.3, -0.25) is 0 Å². The van der Waals surface area contributed by atoms with E-state index in [2.05, 4.69) is 4.90 Å². The summed E-state index contributed by atoms with van der Waals surface area (Å²) in [5, 5.41) is 9.42. The highest BCUT2D eigenvalue weighted by molar-refractivity contribution is 4.84. The fourth-order valence-electron chi connectivity index (χ4n) is 2.37. The van der Waals surface area contributed by atoms with Crippen LogP contribution in [0.25, 0.3) is 0 Å². The van der Waals surface area contributed by atoms with Crippen molar-refractivity contribution in [3.63, 3.8) is 0 Å². The molecule has 2 aliphatic rings. The van der Waals surface area contributed by atoms with E-state index >= 15 is 0 Å². The Kier molecular flexibility index (Phi) is 2.14. The molecule has 2 nitrogen and oxygen atoms in total. The molecule has 2 heteroatoms. The molecule has 2 aliphatic heterocycles. The molecule has 2 heterocycles. The summed E-state index contributed by atoms with van der Waals surface area (Å²) in [6.07, 6.45) is 6.07. The van der Waals surface area contributed by atoms with Crippen molar-refractivity contribution < 1.29 is 5.11 Å². The highest BCUT2D eigenvalue weighted by atomic mass is 16.3. The average molecular weight is 155 g/mol. The van der Waals surface area contributed by atoms with E-state index in [1.54, 1.807) is 0 Å². The SMILES string of the molecule is OC1CCN2CCCCC2C1. The van der Waals surface area contributed by atoms with Gasteiger partial charge in [-0.25, -0.2) is 0 Å². The third-order valence-electron chi connectivity index (χ3n) is 3.04. The van der Waals surface area contributed by atoms with Crippen LogP contribution in [-0.4, -0.2) is 35.2 Å². The van der Waals surface area contributed by atoms with E-state index < -0.39 is 0 Å². The van der Waals surface area contributed by atoms with E-state index in [1.165, 1.54) is 25.8 Å². The molecular formula is C9H17NO. The van der Waals surface area contributed by atoms with Crippen molar-refractivity contribution in [3.8, 4) is 0 Å². The highest BCUT2D eigenvalue weighted by Crippen LogP contribution is 2.25. The van der Waals surface area contributed by atoms with Crippen LogP contribution in [0, 0.1) is 0 Å². The molecule has 0 amide bonds. The molecule has 2 fully saturated rings. The van der Waals surface area contributed by atoms with Gasteiger partial charge >= 0.3 is 0 Å². The van der Waals surface area contributed by atoms with Crippen LogP contribution in [0.5, 0.6) is 0 Å². The van der Waals surface area contributed by atoms with Crippen LogP contribution >= 0.6 is 0 Å². The molecule has 2 rings (SSSR count). The Hall–Kier alpha value is -0.0800. The summed E-state index contributed by atoms with van der Waals surface area (Å²) in [7, 11) is 0. The molecule has 0 spiro atoms. The minimum absolute atomic E-state index is 0.00523. The molecule has 0 aromatic heterocycles. The topological polar surface area (TPSA) is 23.5 Å². The second-order valence-electron chi connectivity index (χ2n) is 3.86. The minimum Gasteiger partial charge on any atom is -0.393 e. The summed E-state index contributed by atoms with van der Waals surface area (Å²) in [6.45, 7) is 2.41. The number of aliphatic hydroxyl groups is 1. The largest absolute Gasteiger partial charge is 0.393 e. The lowest BCUT2D eigenvalue weighted by molar-refractivity contribution is 0.0236. The van der Waals surface area contributed by atoms with Crippen molar-refractivity contribution in [2.24, 2.45) is 0 Å². The zero-order valence-electron chi connectivity index (χ0n) is 7.00. The molecule has 0 aromatic carbocycles. The third kappa shape index (κ3) is 1.57. The second-order valence-corrected chi connectivity index (χ2v) is 3.86. The summed E-state index contributed by atoms with van der Waals surface area (Å²) in [5.74, 6) is 0. The maximum Gasteiger partial charge on any atom is 0.0567 e. The Morgan fingerprint density at radius 1 is 1.09 bits per heavy atom. The van der Waals surface area contributed by atoms with E-state index in [0.29, 0.717) is 6.04 Å². The lowest BCUT2D eigenvalue weighted by atomic mass is 9.92. The number of rotatable bonds is 0. The predicted molar refractivity (Wildman–Crippen MR) is 44.5 cm³/mol. The van der Waals surface area contributed by atoms with Gasteiger partial charge in [0.15, 0.2) is 0 Å². The predicted octanol–water partition coefficient (Wildman–Crippen LogP) is 0.996. The molecule has 2 unspecified atom stereocenters. The molecular weight excluding hydrogens is 138 g/mol. The van der Waals surface area contributed by atoms with Gasteiger partial charge in [0.25, 0.3) is 0 Å². The van der Waals surface area contributed by atoms with Crippen molar-refractivity contribution in [3.05, 3.63) is 0 Å². The fourth-order valence-corrected chi connectivity index (χ4v) is 2.37. The van der Waals surface area contributed by atoms with E-state index in [-0.39, 0.29) is 6.10 Å². The maximum atomic E-state index is 9.42. The van der Waals surface area contributed by atoms with E-state index in [1.807, 2.05) is 0 Å². The van der Waals surface area contributed by atoms with Crippen LogP contribution in [0.2, 0.25) is 0 Å². The zero-order chi connectivity index (χ0) is 7.68. The Labute approximate surface area is 68.2 Å².